The van der Waals surface area contributed by atoms with Crippen LogP contribution in [0.15, 0.2) is 27.3 Å². The third-order valence-electron chi connectivity index (χ3n) is 3.05. The number of rotatable bonds is 6. The van der Waals surface area contributed by atoms with Crippen LogP contribution in [0.1, 0.15) is 12.2 Å². The number of carbonyl (C=O) groups excluding carboxylic acids is 1. The number of halogens is 2. The highest BCUT2D eigenvalue weighted by Crippen LogP contribution is 2.14. The first-order valence-corrected chi connectivity index (χ1v) is 7.55. The summed E-state index contributed by atoms with van der Waals surface area (Å²) in [5, 5.41) is 2.86. The van der Waals surface area contributed by atoms with Crippen LogP contribution in [0.5, 0.6) is 0 Å². The van der Waals surface area contributed by atoms with Gasteiger partial charge in [0.05, 0.1) is 13.2 Å². The molecule has 1 fully saturated rings. The zero-order valence-corrected chi connectivity index (χ0v) is 14.0. The molecule has 1 N–H and O–H groups in total. The average molecular weight is 379 g/mol. The van der Waals surface area contributed by atoms with E-state index in [1.807, 2.05) is 0 Å². The van der Waals surface area contributed by atoms with Gasteiger partial charge in [-0.15, -0.1) is 0 Å². The van der Waals surface area contributed by atoms with Gasteiger partial charge in [0.1, 0.15) is 5.76 Å². The van der Waals surface area contributed by atoms with Crippen molar-refractivity contribution in [2.45, 2.75) is 6.42 Å². The zero-order valence-electron chi connectivity index (χ0n) is 11.7. The molecule has 118 valence electrons. The van der Waals surface area contributed by atoms with Crippen LogP contribution < -0.4 is 17.7 Å². The molecule has 5 nitrogen and oxygen atoms in total. The van der Waals surface area contributed by atoms with Crippen LogP contribution in [0.4, 0.5) is 0 Å². The summed E-state index contributed by atoms with van der Waals surface area (Å²) in [4.78, 5) is 13.9. The van der Waals surface area contributed by atoms with Gasteiger partial charge in [0.2, 0.25) is 5.91 Å². The lowest BCUT2D eigenvalue weighted by molar-refractivity contribution is -0.116. The molecule has 0 atom stereocenters. The molecule has 7 heteroatoms. The summed E-state index contributed by atoms with van der Waals surface area (Å²) in [5.74, 6) is 0.555. The number of ether oxygens (including phenoxy) is 1. The van der Waals surface area contributed by atoms with E-state index in [9.17, 15) is 4.79 Å². The molecular formula is C14H19BrClN2O3-. The highest BCUT2D eigenvalue weighted by atomic mass is 79.9. The van der Waals surface area contributed by atoms with E-state index in [4.69, 9.17) is 9.15 Å². The maximum atomic E-state index is 11.6. The van der Waals surface area contributed by atoms with Crippen molar-refractivity contribution in [1.29, 1.82) is 0 Å². The van der Waals surface area contributed by atoms with Crippen LogP contribution in [0, 0.1) is 0 Å². The lowest BCUT2D eigenvalue weighted by atomic mass is 10.3. The minimum atomic E-state index is -0.0977. The molecule has 0 aromatic carbocycles. The number of nitrogens with zero attached hydrogens (tertiary/aromatic N) is 1. The standard InChI is InChI=1S/C14H19BrN2O3.ClH/c15-13-4-2-12(20-13)3-5-14(18)16-6-1-7-17-8-10-19-11-9-17;/h2-5H,1,6-11H2,(H,16,18);1H/p-1/b5-3+;. The van der Waals surface area contributed by atoms with Crippen LogP contribution in [0.3, 0.4) is 0 Å². The van der Waals surface area contributed by atoms with E-state index < -0.39 is 0 Å². The van der Waals surface area contributed by atoms with E-state index in [1.165, 1.54) is 6.08 Å². The molecule has 1 aliphatic rings. The van der Waals surface area contributed by atoms with Crippen molar-refractivity contribution < 1.29 is 26.4 Å². The molecular weight excluding hydrogens is 360 g/mol. The van der Waals surface area contributed by atoms with E-state index in [2.05, 4.69) is 26.1 Å². The largest absolute Gasteiger partial charge is 1.00 e. The number of nitrogens with one attached hydrogen (secondary N) is 1. The second-order valence-corrected chi connectivity index (χ2v) is 5.36. The molecule has 1 amide bonds. The molecule has 21 heavy (non-hydrogen) atoms. The Morgan fingerprint density at radius 3 is 2.81 bits per heavy atom. The van der Waals surface area contributed by atoms with Crippen LogP contribution in [-0.4, -0.2) is 50.2 Å². The number of hydrogen-bond acceptors (Lipinski definition) is 4. The van der Waals surface area contributed by atoms with Crippen molar-refractivity contribution in [2.75, 3.05) is 39.4 Å². The quantitative estimate of drug-likeness (QED) is 0.504. The van der Waals surface area contributed by atoms with Gasteiger partial charge >= 0.3 is 0 Å². The first-order chi connectivity index (χ1) is 9.74. The number of hydrogen-bond donors (Lipinski definition) is 1. The van der Waals surface area contributed by atoms with E-state index >= 15 is 0 Å². The molecule has 0 aliphatic carbocycles. The molecule has 0 saturated carbocycles. The Balaban J connectivity index is 0.00000220. The van der Waals surface area contributed by atoms with Gasteiger partial charge in [0.15, 0.2) is 4.67 Å². The van der Waals surface area contributed by atoms with Gasteiger partial charge in [-0.3, -0.25) is 9.69 Å². The van der Waals surface area contributed by atoms with Gasteiger partial charge in [-0.2, -0.15) is 0 Å². The molecule has 0 radical (unpaired) electrons. The predicted octanol–water partition coefficient (Wildman–Crippen LogP) is -1.10. The van der Waals surface area contributed by atoms with Crippen LogP contribution in [0.2, 0.25) is 0 Å². The third-order valence-corrected chi connectivity index (χ3v) is 3.47. The molecule has 1 aliphatic heterocycles. The topological polar surface area (TPSA) is 54.7 Å². The molecule has 0 bridgehead atoms. The van der Waals surface area contributed by atoms with Crippen molar-refractivity contribution in [2.24, 2.45) is 0 Å². The lowest BCUT2D eigenvalue weighted by Gasteiger charge is -2.26. The Morgan fingerprint density at radius 2 is 2.14 bits per heavy atom. The Hall–Kier alpha value is -0.820. The highest BCUT2D eigenvalue weighted by molar-refractivity contribution is 9.10. The Kier molecular flexibility index (Phi) is 8.68. The smallest absolute Gasteiger partial charge is 0.244 e. The molecule has 1 aromatic rings. The van der Waals surface area contributed by atoms with E-state index in [-0.39, 0.29) is 18.3 Å². The molecule has 0 spiro atoms. The van der Waals surface area contributed by atoms with Crippen molar-refractivity contribution in [3.05, 3.63) is 28.6 Å². The fraction of sp³-hybridized carbons (Fsp3) is 0.500. The second kappa shape index (κ2) is 10.00. The van der Waals surface area contributed by atoms with Gasteiger partial charge in [-0.1, -0.05) is 0 Å². The maximum Gasteiger partial charge on any atom is 0.244 e. The van der Waals surface area contributed by atoms with Gasteiger partial charge in [-0.25, -0.2) is 0 Å². The molecule has 1 saturated heterocycles. The lowest BCUT2D eigenvalue weighted by Crippen LogP contribution is -3.00. The summed E-state index contributed by atoms with van der Waals surface area (Å²) in [6.45, 7) is 5.28. The Bertz CT molecular complexity index is 459. The van der Waals surface area contributed by atoms with Crippen LogP contribution >= 0.6 is 15.9 Å². The van der Waals surface area contributed by atoms with E-state index in [0.717, 1.165) is 39.3 Å². The van der Waals surface area contributed by atoms with Crippen LogP contribution in [-0.2, 0) is 9.53 Å². The highest BCUT2D eigenvalue weighted by Gasteiger charge is 2.09. The van der Waals surface area contributed by atoms with Gasteiger partial charge < -0.3 is 26.9 Å². The minimum absolute atomic E-state index is 0. The summed E-state index contributed by atoms with van der Waals surface area (Å²) in [7, 11) is 0. The number of carbonyl (C=O) groups is 1. The molecule has 2 heterocycles. The summed E-state index contributed by atoms with van der Waals surface area (Å²) >= 11 is 3.21. The fourth-order valence-electron chi connectivity index (χ4n) is 1.97. The second-order valence-electron chi connectivity index (χ2n) is 4.57. The zero-order chi connectivity index (χ0) is 14.2. The van der Waals surface area contributed by atoms with Gasteiger partial charge in [-0.05, 0) is 47.1 Å². The Morgan fingerprint density at radius 1 is 1.38 bits per heavy atom. The normalized spacial score (nSPS) is 15.9. The summed E-state index contributed by atoms with van der Waals surface area (Å²) in [5.41, 5.74) is 0. The number of amides is 1. The fourth-order valence-corrected chi connectivity index (χ4v) is 2.29. The number of morpholine rings is 1. The monoisotopic (exact) mass is 377 g/mol. The van der Waals surface area contributed by atoms with Crippen molar-refractivity contribution in [3.63, 3.8) is 0 Å². The first-order valence-electron chi connectivity index (χ1n) is 6.75. The van der Waals surface area contributed by atoms with Crippen LogP contribution in [0.25, 0.3) is 6.08 Å². The molecule has 2 rings (SSSR count). The van der Waals surface area contributed by atoms with Crippen molar-refractivity contribution in [3.8, 4) is 0 Å². The average Bonchev–Trinajstić information content (AvgIpc) is 2.88. The number of furan rings is 1. The summed E-state index contributed by atoms with van der Waals surface area (Å²) in [6, 6.07) is 3.59. The Labute approximate surface area is 139 Å². The first kappa shape index (κ1) is 18.2. The van der Waals surface area contributed by atoms with Crippen molar-refractivity contribution in [1.82, 2.24) is 10.2 Å². The van der Waals surface area contributed by atoms with E-state index in [0.29, 0.717) is 17.0 Å². The molecule has 0 unspecified atom stereocenters. The summed E-state index contributed by atoms with van der Waals surface area (Å²) in [6.07, 6.45) is 4.09. The SMILES string of the molecule is O=C(/C=C/c1ccc(Br)o1)NCCCN1CCOCC1.[Cl-]. The van der Waals surface area contributed by atoms with Crippen molar-refractivity contribution >= 4 is 27.9 Å². The predicted molar refractivity (Wildman–Crippen MR) is 80.3 cm³/mol. The summed E-state index contributed by atoms with van der Waals surface area (Å²) < 4.78 is 11.2. The van der Waals surface area contributed by atoms with E-state index in [1.54, 1.807) is 18.2 Å². The maximum absolute atomic E-state index is 11.6. The minimum Gasteiger partial charge on any atom is -1.00 e. The third kappa shape index (κ3) is 7.13. The van der Waals surface area contributed by atoms with Gasteiger partial charge in [0, 0.05) is 25.7 Å². The van der Waals surface area contributed by atoms with Gasteiger partial charge in [0.25, 0.3) is 0 Å². The molecule has 1 aromatic heterocycles.